The molecule has 1 aromatic rings. The molecule has 5 heteroatoms. The monoisotopic (exact) mass is 269 g/mol. The molecular formula is C14H14F3NO. The molecule has 0 heterocycles. The number of alkyl halides is 3. The summed E-state index contributed by atoms with van der Waals surface area (Å²) in [6.07, 6.45) is -2.33. The van der Waals surface area contributed by atoms with E-state index in [1.54, 1.807) is 0 Å². The normalized spacial score (nSPS) is 20.4. The average Bonchev–Trinajstić information content (AvgIpc) is 2.38. The molecule has 0 N–H and O–H groups in total. The molecule has 0 saturated carbocycles. The molecule has 102 valence electrons. The summed E-state index contributed by atoms with van der Waals surface area (Å²) in [5, 5.41) is 8.54. The van der Waals surface area contributed by atoms with Crippen LogP contribution in [-0.2, 0) is 11.2 Å². The van der Waals surface area contributed by atoms with Gasteiger partial charge in [-0.3, -0.25) is 0 Å². The summed E-state index contributed by atoms with van der Waals surface area (Å²) < 4.78 is 42.8. The van der Waals surface area contributed by atoms with Crippen LogP contribution in [0, 0.1) is 17.2 Å². The smallest absolute Gasteiger partial charge is 0.372 e. The van der Waals surface area contributed by atoms with Crippen molar-refractivity contribution in [3.05, 3.63) is 35.4 Å². The number of hydrogen-bond acceptors (Lipinski definition) is 2. The molecule has 0 saturated heterocycles. The molecular weight excluding hydrogens is 255 g/mol. The van der Waals surface area contributed by atoms with Gasteiger partial charge in [0.1, 0.15) is 0 Å². The Morgan fingerprint density at radius 1 is 1.37 bits per heavy atom. The molecule has 19 heavy (non-hydrogen) atoms. The largest absolute Gasteiger partial charge is 0.406 e. The molecule has 2 unspecified atom stereocenters. The maximum Gasteiger partial charge on any atom is 0.406 e. The summed E-state index contributed by atoms with van der Waals surface area (Å²) in [5.41, 5.74) is 2.08. The lowest BCUT2D eigenvalue weighted by Gasteiger charge is -2.26. The highest BCUT2D eigenvalue weighted by Crippen LogP contribution is 2.34. The van der Waals surface area contributed by atoms with Crippen molar-refractivity contribution in [1.29, 1.82) is 5.26 Å². The number of ether oxygens (including phenoxy) is 1. The van der Waals surface area contributed by atoms with Crippen molar-refractivity contribution < 1.29 is 17.9 Å². The second-order valence-corrected chi connectivity index (χ2v) is 4.64. The molecule has 2 atom stereocenters. The van der Waals surface area contributed by atoms with Crippen LogP contribution >= 0.6 is 0 Å². The fourth-order valence-corrected chi connectivity index (χ4v) is 2.30. The third-order valence-corrected chi connectivity index (χ3v) is 3.33. The first-order chi connectivity index (χ1) is 9.02. The lowest BCUT2D eigenvalue weighted by Crippen LogP contribution is -2.27. The minimum Gasteiger partial charge on any atom is -0.372 e. The van der Waals surface area contributed by atoms with Crippen LogP contribution in [0.25, 0.3) is 0 Å². The Morgan fingerprint density at radius 3 is 2.79 bits per heavy atom. The summed E-state index contributed by atoms with van der Waals surface area (Å²) >= 11 is 0. The van der Waals surface area contributed by atoms with Crippen LogP contribution in [0.2, 0.25) is 0 Å². The standard InChI is InChI=1S/C14H14F3NO/c15-14(16,17)11(8-18)9-19-13-7-3-5-10-4-1-2-6-12(10)13/h1-2,4,6,11,13H,3,5,7,9H2. The van der Waals surface area contributed by atoms with Gasteiger partial charge in [0.15, 0.2) is 5.92 Å². The quantitative estimate of drug-likeness (QED) is 0.836. The number of hydrogen-bond donors (Lipinski definition) is 0. The van der Waals surface area contributed by atoms with Gasteiger partial charge >= 0.3 is 6.18 Å². The number of fused-ring (bicyclic) bond motifs is 1. The molecule has 1 aliphatic rings. The highest BCUT2D eigenvalue weighted by Gasteiger charge is 2.40. The number of aryl methyl sites for hydroxylation is 1. The number of rotatable bonds is 3. The lowest BCUT2D eigenvalue weighted by molar-refractivity contribution is -0.176. The fourth-order valence-electron chi connectivity index (χ4n) is 2.30. The Kier molecular flexibility index (Phi) is 4.11. The van der Waals surface area contributed by atoms with E-state index in [0.717, 1.165) is 24.0 Å². The van der Waals surface area contributed by atoms with Gasteiger partial charge in [0.05, 0.1) is 18.8 Å². The maximum atomic E-state index is 12.5. The van der Waals surface area contributed by atoms with Crippen LogP contribution < -0.4 is 0 Å². The van der Waals surface area contributed by atoms with Crippen molar-refractivity contribution in [1.82, 2.24) is 0 Å². The van der Waals surface area contributed by atoms with Crippen molar-refractivity contribution in [3.8, 4) is 6.07 Å². The molecule has 2 nitrogen and oxygen atoms in total. The van der Waals surface area contributed by atoms with E-state index in [2.05, 4.69) is 0 Å². The van der Waals surface area contributed by atoms with Gasteiger partial charge in [-0.15, -0.1) is 0 Å². The molecule has 0 bridgehead atoms. The van der Waals surface area contributed by atoms with Gasteiger partial charge in [-0.25, -0.2) is 0 Å². The minimum atomic E-state index is -4.52. The predicted molar refractivity (Wildman–Crippen MR) is 63.2 cm³/mol. The van der Waals surface area contributed by atoms with Crippen LogP contribution in [0.4, 0.5) is 13.2 Å². The van der Waals surface area contributed by atoms with E-state index >= 15 is 0 Å². The zero-order valence-corrected chi connectivity index (χ0v) is 10.3. The van der Waals surface area contributed by atoms with E-state index in [-0.39, 0.29) is 6.10 Å². The third-order valence-electron chi connectivity index (χ3n) is 3.33. The summed E-state index contributed by atoms with van der Waals surface area (Å²) in [5.74, 6) is -2.05. The molecule has 0 amide bonds. The van der Waals surface area contributed by atoms with Gasteiger partial charge in [0.25, 0.3) is 0 Å². The second-order valence-electron chi connectivity index (χ2n) is 4.64. The average molecular weight is 269 g/mol. The molecule has 0 radical (unpaired) electrons. The molecule has 0 spiro atoms. The second kappa shape index (κ2) is 5.62. The first-order valence-corrected chi connectivity index (χ1v) is 6.18. The number of benzene rings is 1. The maximum absolute atomic E-state index is 12.5. The van der Waals surface area contributed by atoms with Crippen molar-refractivity contribution in [2.75, 3.05) is 6.61 Å². The van der Waals surface area contributed by atoms with E-state index in [1.807, 2.05) is 24.3 Å². The predicted octanol–water partition coefficient (Wildman–Crippen LogP) is 3.78. The number of nitrogens with zero attached hydrogens (tertiary/aromatic N) is 1. The Morgan fingerprint density at radius 2 is 2.11 bits per heavy atom. The summed E-state index contributed by atoms with van der Waals surface area (Å²) in [6.45, 7) is -0.598. The van der Waals surface area contributed by atoms with Gasteiger partial charge in [-0.1, -0.05) is 24.3 Å². The van der Waals surface area contributed by atoms with Crippen molar-refractivity contribution in [2.45, 2.75) is 31.5 Å². The summed E-state index contributed by atoms with van der Waals surface area (Å²) in [6, 6.07) is 8.87. The van der Waals surface area contributed by atoms with Gasteiger partial charge < -0.3 is 4.74 Å². The highest BCUT2D eigenvalue weighted by atomic mass is 19.4. The topological polar surface area (TPSA) is 33.0 Å². The molecule has 1 aromatic carbocycles. The Labute approximate surface area is 109 Å². The molecule has 2 rings (SSSR count). The summed E-state index contributed by atoms with van der Waals surface area (Å²) in [4.78, 5) is 0. The van der Waals surface area contributed by atoms with E-state index < -0.39 is 18.7 Å². The van der Waals surface area contributed by atoms with Crippen LogP contribution in [0.3, 0.4) is 0 Å². The fraction of sp³-hybridized carbons (Fsp3) is 0.500. The molecule has 0 fully saturated rings. The van der Waals surface area contributed by atoms with Gasteiger partial charge in [0.2, 0.25) is 0 Å². The Bertz CT molecular complexity index is 478. The van der Waals surface area contributed by atoms with E-state index in [0.29, 0.717) is 6.42 Å². The zero-order chi connectivity index (χ0) is 13.9. The van der Waals surface area contributed by atoms with Crippen LogP contribution in [0.5, 0.6) is 0 Å². The number of nitriles is 1. The van der Waals surface area contributed by atoms with Crippen molar-refractivity contribution in [3.63, 3.8) is 0 Å². The van der Waals surface area contributed by atoms with Crippen molar-refractivity contribution >= 4 is 0 Å². The van der Waals surface area contributed by atoms with Gasteiger partial charge in [0, 0.05) is 0 Å². The van der Waals surface area contributed by atoms with E-state index in [9.17, 15) is 13.2 Å². The van der Waals surface area contributed by atoms with Crippen LogP contribution in [0.15, 0.2) is 24.3 Å². The van der Waals surface area contributed by atoms with E-state index in [4.69, 9.17) is 10.00 Å². The number of halogens is 3. The third kappa shape index (κ3) is 3.27. The van der Waals surface area contributed by atoms with Gasteiger partial charge in [-0.05, 0) is 30.4 Å². The molecule has 1 aliphatic carbocycles. The SMILES string of the molecule is N#CC(COC1CCCc2ccccc21)C(F)(F)F. The van der Waals surface area contributed by atoms with Crippen LogP contribution in [-0.4, -0.2) is 12.8 Å². The first kappa shape index (κ1) is 13.9. The van der Waals surface area contributed by atoms with Crippen molar-refractivity contribution in [2.24, 2.45) is 5.92 Å². The summed E-state index contributed by atoms with van der Waals surface area (Å²) in [7, 11) is 0. The lowest BCUT2D eigenvalue weighted by atomic mass is 9.89. The van der Waals surface area contributed by atoms with Crippen LogP contribution in [0.1, 0.15) is 30.1 Å². The zero-order valence-electron chi connectivity index (χ0n) is 10.3. The Balaban J connectivity index is 2.04. The minimum absolute atomic E-state index is 0.330. The first-order valence-electron chi connectivity index (χ1n) is 6.18. The Hall–Kier alpha value is -1.54. The molecule has 0 aliphatic heterocycles. The van der Waals surface area contributed by atoms with E-state index in [1.165, 1.54) is 6.07 Å². The highest BCUT2D eigenvalue weighted by molar-refractivity contribution is 5.31. The molecule has 0 aromatic heterocycles. The van der Waals surface area contributed by atoms with Gasteiger partial charge in [-0.2, -0.15) is 18.4 Å².